The Bertz CT molecular complexity index is 528. The SMILES string of the molecule is CC(C)(C)CC1(c2ccccc2C2(C(C)(C)C)CC2)CC1. The molecule has 21 heavy (non-hydrogen) atoms. The van der Waals surface area contributed by atoms with E-state index < -0.39 is 0 Å². The van der Waals surface area contributed by atoms with Crippen LogP contribution in [0.15, 0.2) is 24.3 Å². The third kappa shape index (κ3) is 2.56. The molecule has 1 aromatic rings. The highest BCUT2D eigenvalue weighted by molar-refractivity contribution is 5.47. The second-order valence-corrected chi connectivity index (χ2v) is 9.90. The monoisotopic (exact) mass is 284 g/mol. The third-order valence-corrected chi connectivity index (χ3v) is 5.92. The molecule has 0 aromatic heterocycles. The molecule has 0 heteroatoms. The smallest absolute Gasteiger partial charge is 0.000506 e. The fraction of sp³-hybridized carbons (Fsp3) is 0.714. The third-order valence-electron chi connectivity index (χ3n) is 5.92. The predicted molar refractivity (Wildman–Crippen MR) is 91.8 cm³/mol. The molecule has 0 nitrogen and oxygen atoms in total. The highest BCUT2D eigenvalue weighted by Crippen LogP contribution is 2.64. The maximum Gasteiger partial charge on any atom is 0.000506 e. The van der Waals surface area contributed by atoms with E-state index in [9.17, 15) is 0 Å². The molecular weight excluding hydrogens is 252 g/mol. The fourth-order valence-corrected chi connectivity index (χ4v) is 4.62. The second-order valence-electron chi connectivity index (χ2n) is 9.90. The zero-order chi connectivity index (χ0) is 15.5. The van der Waals surface area contributed by atoms with Crippen molar-refractivity contribution in [2.75, 3.05) is 0 Å². The van der Waals surface area contributed by atoms with E-state index in [0.717, 1.165) is 0 Å². The Morgan fingerprint density at radius 3 is 1.71 bits per heavy atom. The first kappa shape index (κ1) is 15.1. The van der Waals surface area contributed by atoms with Crippen molar-refractivity contribution < 1.29 is 0 Å². The Balaban J connectivity index is 2.03. The first-order valence-electron chi connectivity index (χ1n) is 8.70. The molecule has 0 unspecified atom stereocenters. The van der Waals surface area contributed by atoms with Gasteiger partial charge >= 0.3 is 0 Å². The number of hydrogen-bond donors (Lipinski definition) is 0. The summed E-state index contributed by atoms with van der Waals surface area (Å²) in [5.74, 6) is 0. The molecule has 3 rings (SSSR count). The normalized spacial score (nSPS) is 23.0. The van der Waals surface area contributed by atoms with Gasteiger partial charge < -0.3 is 0 Å². The van der Waals surface area contributed by atoms with Crippen LogP contribution in [-0.2, 0) is 10.8 Å². The molecule has 0 amide bonds. The van der Waals surface area contributed by atoms with Crippen molar-refractivity contribution in [2.45, 2.75) is 84.5 Å². The Kier molecular flexibility index (Phi) is 3.15. The molecule has 0 atom stereocenters. The molecule has 0 bridgehead atoms. The zero-order valence-electron chi connectivity index (χ0n) is 14.8. The minimum Gasteiger partial charge on any atom is -0.0620 e. The van der Waals surface area contributed by atoms with Crippen molar-refractivity contribution in [3.8, 4) is 0 Å². The maximum atomic E-state index is 2.44. The molecular formula is C21H32. The topological polar surface area (TPSA) is 0 Å². The molecule has 0 spiro atoms. The largest absolute Gasteiger partial charge is 0.0620 e. The molecule has 0 saturated heterocycles. The van der Waals surface area contributed by atoms with Gasteiger partial charge in [-0.3, -0.25) is 0 Å². The van der Waals surface area contributed by atoms with Gasteiger partial charge in [0.05, 0.1) is 0 Å². The first-order chi connectivity index (χ1) is 9.60. The van der Waals surface area contributed by atoms with Gasteiger partial charge in [0.15, 0.2) is 0 Å². The van der Waals surface area contributed by atoms with Crippen molar-refractivity contribution >= 4 is 0 Å². The summed E-state index contributed by atoms with van der Waals surface area (Å²) in [4.78, 5) is 0. The molecule has 2 saturated carbocycles. The average molecular weight is 284 g/mol. The van der Waals surface area contributed by atoms with Gasteiger partial charge in [0.25, 0.3) is 0 Å². The molecule has 0 heterocycles. The van der Waals surface area contributed by atoms with E-state index in [1.165, 1.54) is 32.1 Å². The van der Waals surface area contributed by atoms with Gasteiger partial charge in [-0.05, 0) is 59.5 Å². The molecule has 2 aliphatic rings. The molecule has 0 radical (unpaired) electrons. The van der Waals surface area contributed by atoms with Crippen LogP contribution in [0.5, 0.6) is 0 Å². The van der Waals surface area contributed by atoms with Crippen LogP contribution in [0, 0.1) is 10.8 Å². The van der Waals surface area contributed by atoms with Crippen molar-refractivity contribution in [2.24, 2.45) is 10.8 Å². The number of rotatable bonds is 3. The van der Waals surface area contributed by atoms with Crippen LogP contribution in [-0.4, -0.2) is 0 Å². The molecule has 0 N–H and O–H groups in total. The fourth-order valence-electron chi connectivity index (χ4n) is 4.62. The van der Waals surface area contributed by atoms with E-state index in [1.54, 1.807) is 11.1 Å². The van der Waals surface area contributed by atoms with E-state index in [4.69, 9.17) is 0 Å². The van der Waals surface area contributed by atoms with Crippen LogP contribution >= 0.6 is 0 Å². The zero-order valence-corrected chi connectivity index (χ0v) is 14.8. The maximum absolute atomic E-state index is 2.44. The molecule has 2 aliphatic carbocycles. The molecule has 1 aromatic carbocycles. The van der Waals surface area contributed by atoms with Crippen molar-refractivity contribution in [3.63, 3.8) is 0 Å². The van der Waals surface area contributed by atoms with E-state index in [2.05, 4.69) is 65.8 Å². The first-order valence-corrected chi connectivity index (χ1v) is 8.70. The van der Waals surface area contributed by atoms with Gasteiger partial charge in [0.1, 0.15) is 0 Å². The Morgan fingerprint density at radius 2 is 1.33 bits per heavy atom. The molecule has 2 fully saturated rings. The van der Waals surface area contributed by atoms with Gasteiger partial charge in [-0.15, -0.1) is 0 Å². The minimum absolute atomic E-state index is 0.376. The van der Waals surface area contributed by atoms with E-state index in [0.29, 0.717) is 21.7 Å². The standard InChI is InChI=1S/C21H32/c1-18(2,3)15-20(11-12-20)16-9-7-8-10-17(16)21(13-14-21)19(4,5)6/h7-10H,11-15H2,1-6H3. The highest BCUT2D eigenvalue weighted by Gasteiger charge is 2.57. The van der Waals surface area contributed by atoms with E-state index in [1.807, 2.05) is 0 Å². The van der Waals surface area contributed by atoms with Gasteiger partial charge in [-0.1, -0.05) is 65.8 Å². The van der Waals surface area contributed by atoms with Crippen LogP contribution in [0.25, 0.3) is 0 Å². The Morgan fingerprint density at radius 1 is 0.810 bits per heavy atom. The quantitative estimate of drug-likeness (QED) is 0.617. The lowest BCUT2D eigenvalue weighted by Gasteiger charge is -2.36. The van der Waals surface area contributed by atoms with Crippen LogP contribution in [0.4, 0.5) is 0 Å². The van der Waals surface area contributed by atoms with Gasteiger partial charge in [0, 0.05) is 5.41 Å². The van der Waals surface area contributed by atoms with Gasteiger partial charge in [-0.25, -0.2) is 0 Å². The van der Waals surface area contributed by atoms with Gasteiger partial charge in [-0.2, -0.15) is 0 Å². The van der Waals surface area contributed by atoms with Crippen LogP contribution in [0.1, 0.15) is 84.8 Å². The second kappa shape index (κ2) is 4.37. The van der Waals surface area contributed by atoms with Gasteiger partial charge in [0.2, 0.25) is 0 Å². The Labute approximate surface area is 131 Å². The van der Waals surface area contributed by atoms with E-state index in [-0.39, 0.29) is 0 Å². The number of hydrogen-bond acceptors (Lipinski definition) is 0. The Hall–Kier alpha value is -0.780. The lowest BCUT2D eigenvalue weighted by molar-refractivity contribution is 0.289. The summed E-state index contributed by atoms with van der Waals surface area (Å²) < 4.78 is 0. The van der Waals surface area contributed by atoms with Crippen LogP contribution in [0.3, 0.4) is 0 Å². The minimum atomic E-state index is 0.376. The number of benzene rings is 1. The lowest BCUT2D eigenvalue weighted by Crippen LogP contribution is -2.29. The summed E-state index contributed by atoms with van der Waals surface area (Å²) in [6.45, 7) is 14.5. The highest BCUT2D eigenvalue weighted by atomic mass is 14.6. The van der Waals surface area contributed by atoms with E-state index >= 15 is 0 Å². The summed E-state index contributed by atoms with van der Waals surface area (Å²) in [6, 6.07) is 9.41. The average Bonchev–Trinajstić information content (AvgIpc) is 3.20. The summed E-state index contributed by atoms with van der Waals surface area (Å²) in [5, 5.41) is 0. The summed E-state index contributed by atoms with van der Waals surface area (Å²) in [5.41, 5.74) is 5.09. The summed E-state index contributed by atoms with van der Waals surface area (Å²) >= 11 is 0. The van der Waals surface area contributed by atoms with Crippen molar-refractivity contribution in [1.82, 2.24) is 0 Å². The van der Waals surface area contributed by atoms with Crippen LogP contribution in [0.2, 0.25) is 0 Å². The molecule has 0 aliphatic heterocycles. The summed E-state index contributed by atoms with van der Waals surface area (Å²) in [6.07, 6.45) is 6.86. The van der Waals surface area contributed by atoms with Crippen molar-refractivity contribution in [3.05, 3.63) is 35.4 Å². The van der Waals surface area contributed by atoms with Crippen LogP contribution < -0.4 is 0 Å². The van der Waals surface area contributed by atoms with Crippen molar-refractivity contribution in [1.29, 1.82) is 0 Å². The molecule has 116 valence electrons. The lowest BCUT2D eigenvalue weighted by atomic mass is 9.68. The summed E-state index contributed by atoms with van der Waals surface area (Å²) in [7, 11) is 0. The predicted octanol–water partition coefficient (Wildman–Crippen LogP) is 6.23.